The first-order valence-electron chi connectivity index (χ1n) is 9.89. The summed E-state index contributed by atoms with van der Waals surface area (Å²) in [5, 5.41) is 5.74. The van der Waals surface area contributed by atoms with Crippen molar-refractivity contribution in [1.29, 1.82) is 0 Å². The van der Waals surface area contributed by atoms with E-state index >= 15 is 0 Å². The number of rotatable bonds is 9. The molecule has 0 amide bonds. The van der Waals surface area contributed by atoms with Gasteiger partial charge in [-0.2, -0.15) is 5.10 Å². The van der Waals surface area contributed by atoms with E-state index in [2.05, 4.69) is 18.9 Å². The molecule has 1 aromatic heterocycles. The van der Waals surface area contributed by atoms with Gasteiger partial charge < -0.3 is 10.5 Å². The van der Waals surface area contributed by atoms with E-state index < -0.39 is 0 Å². The van der Waals surface area contributed by atoms with Crippen molar-refractivity contribution in [3.05, 3.63) is 70.6 Å². The van der Waals surface area contributed by atoms with Gasteiger partial charge in [-0.05, 0) is 36.6 Å². The van der Waals surface area contributed by atoms with Crippen molar-refractivity contribution in [2.24, 2.45) is 11.1 Å². The van der Waals surface area contributed by atoms with E-state index in [-0.39, 0.29) is 11.0 Å². The number of aromatic nitrogens is 2. The topological polar surface area (TPSA) is 70.1 Å². The largest absolute Gasteiger partial charge is 0.492 e. The van der Waals surface area contributed by atoms with Gasteiger partial charge in [0, 0.05) is 10.8 Å². The number of fused-ring (bicyclic) bond motifs is 1. The van der Waals surface area contributed by atoms with Crippen molar-refractivity contribution in [1.82, 2.24) is 9.78 Å². The standard InChI is InChI=1S/C23H27N3O2S/c1-3-12-23(2,22(24)29)15-17-8-10-19(11-9-17)28-14-13-26-21(27)20-7-5-4-6-18(20)16-25-26/h4-11,16H,3,12-15H2,1-2H3,(H2,24,29). The van der Waals surface area contributed by atoms with Crippen molar-refractivity contribution >= 4 is 28.0 Å². The lowest BCUT2D eigenvalue weighted by atomic mass is 9.80. The van der Waals surface area contributed by atoms with Crippen LogP contribution in [0.1, 0.15) is 32.3 Å². The summed E-state index contributed by atoms with van der Waals surface area (Å²) < 4.78 is 7.25. The van der Waals surface area contributed by atoms with Gasteiger partial charge >= 0.3 is 0 Å². The average Bonchev–Trinajstić information content (AvgIpc) is 2.71. The molecule has 0 aliphatic carbocycles. The van der Waals surface area contributed by atoms with E-state index in [1.54, 1.807) is 6.20 Å². The van der Waals surface area contributed by atoms with Gasteiger partial charge in [-0.3, -0.25) is 4.79 Å². The Morgan fingerprint density at radius 1 is 1.21 bits per heavy atom. The SMILES string of the molecule is CCCC(C)(Cc1ccc(OCCn2ncc3ccccc3c2=O)cc1)C(N)=S. The Morgan fingerprint density at radius 2 is 1.93 bits per heavy atom. The molecule has 0 bridgehead atoms. The molecular weight excluding hydrogens is 382 g/mol. The lowest BCUT2D eigenvalue weighted by molar-refractivity contribution is 0.288. The van der Waals surface area contributed by atoms with Gasteiger partial charge in [-0.25, -0.2) is 4.68 Å². The number of nitrogens with two attached hydrogens (primary N) is 1. The number of benzene rings is 2. The molecular formula is C23H27N3O2S. The van der Waals surface area contributed by atoms with Crippen molar-refractivity contribution in [2.75, 3.05) is 6.61 Å². The van der Waals surface area contributed by atoms with Crippen LogP contribution in [-0.2, 0) is 13.0 Å². The second-order valence-electron chi connectivity index (χ2n) is 7.60. The lowest BCUT2D eigenvalue weighted by Crippen LogP contribution is -2.34. The fraction of sp³-hybridized carbons (Fsp3) is 0.348. The molecule has 0 radical (unpaired) electrons. The first-order valence-corrected chi connectivity index (χ1v) is 10.3. The van der Waals surface area contributed by atoms with Crippen LogP contribution in [0, 0.1) is 5.41 Å². The second-order valence-corrected chi connectivity index (χ2v) is 8.04. The highest BCUT2D eigenvalue weighted by Crippen LogP contribution is 2.29. The van der Waals surface area contributed by atoms with E-state index in [1.807, 2.05) is 48.5 Å². The van der Waals surface area contributed by atoms with Crippen LogP contribution in [0.3, 0.4) is 0 Å². The molecule has 0 aliphatic heterocycles. The predicted molar refractivity (Wildman–Crippen MR) is 121 cm³/mol. The molecule has 5 nitrogen and oxygen atoms in total. The van der Waals surface area contributed by atoms with E-state index in [1.165, 1.54) is 10.2 Å². The van der Waals surface area contributed by atoms with Crippen LogP contribution >= 0.6 is 12.2 Å². The van der Waals surface area contributed by atoms with Crippen LogP contribution in [-0.4, -0.2) is 21.4 Å². The first kappa shape index (κ1) is 21.0. The molecule has 0 saturated carbocycles. The van der Waals surface area contributed by atoms with Crippen molar-refractivity contribution in [2.45, 2.75) is 39.7 Å². The summed E-state index contributed by atoms with van der Waals surface area (Å²) in [4.78, 5) is 13.0. The first-order chi connectivity index (χ1) is 13.9. The molecule has 152 valence electrons. The Kier molecular flexibility index (Phi) is 6.64. The molecule has 0 aliphatic rings. The average molecular weight is 410 g/mol. The van der Waals surface area contributed by atoms with Gasteiger partial charge in [-0.1, -0.05) is 62.8 Å². The number of ether oxygens (including phenoxy) is 1. The molecule has 1 atom stereocenters. The molecule has 1 heterocycles. The van der Waals surface area contributed by atoms with Gasteiger partial charge in [0.1, 0.15) is 12.4 Å². The van der Waals surface area contributed by atoms with E-state index in [4.69, 9.17) is 22.7 Å². The van der Waals surface area contributed by atoms with Gasteiger partial charge in [0.2, 0.25) is 0 Å². The van der Waals surface area contributed by atoms with Crippen LogP contribution in [0.2, 0.25) is 0 Å². The van der Waals surface area contributed by atoms with E-state index in [0.717, 1.165) is 30.4 Å². The van der Waals surface area contributed by atoms with E-state index in [0.29, 0.717) is 23.5 Å². The third-order valence-electron chi connectivity index (χ3n) is 5.25. The van der Waals surface area contributed by atoms with Crippen LogP contribution in [0.25, 0.3) is 10.8 Å². The van der Waals surface area contributed by atoms with Gasteiger partial charge in [0.05, 0.1) is 23.1 Å². The molecule has 6 heteroatoms. The zero-order valence-corrected chi connectivity index (χ0v) is 17.7. The van der Waals surface area contributed by atoms with Gasteiger partial charge in [0.25, 0.3) is 5.56 Å². The fourth-order valence-electron chi connectivity index (χ4n) is 3.54. The van der Waals surface area contributed by atoms with Crippen molar-refractivity contribution in [3.8, 4) is 5.75 Å². The lowest BCUT2D eigenvalue weighted by Gasteiger charge is -2.28. The third kappa shape index (κ3) is 5.01. The maximum absolute atomic E-state index is 12.5. The van der Waals surface area contributed by atoms with Crippen LogP contribution in [0.15, 0.2) is 59.5 Å². The molecule has 1 unspecified atom stereocenters. The molecule has 29 heavy (non-hydrogen) atoms. The summed E-state index contributed by atoms with van der Waals surface area (Å²) in [6.45, 7) is 5.02. The normalized spacial score (nSPS) is 13.2. The van der Waals surface area contributed by atoms with Gasteiger partial charge in [0.15, 0.2) is 0 Å². The summed E-state index contributed by atoms with van der Waals surface area (Å²) in [6.07, 6.45) is 4.53. The summed E-state index contributed by atoms with van der Waals surface area (Å²) in [7, 11) is 0. The number of nitrogens with zero attached hydrogens (tertiary/aromatic N) is 2. The van der Waals surface area contributed by atoms with Crippen molar-refractivity contribution < 1.29 is 4.74 Å². The maximum Gasteiger partial charge on any atom is 0.274 e. The van der Waals surface area contributed by atoms with Gasteiger partial charge in [-0.15, -0.1) is 0 Å². The van der Waals surface area contributed by atoms with Crippen LogP contribution in [0.5, 0.6) is 5.75 Å². The highest BCUT2D eigenvalue weighted by molar-refractivity contribution is 7.80. The minimum absolute atomic E-state index is 0.102. The monoisotopic (exact) mass is 409 g/mol. The van der Waals surface area contributed by atoms with E-state index in [9.17, 15) is 4.79 Å². The smallest absolute Gasteiger partial charge is 0.274 e. The molecule has 2 aromatic carbocycles. The summed E-state index contributed by atoms with van der Waals surface area (Å²) in [5.74, 6) is 0.759. The fourth-order valence-corrected chi connectivity index (χ4v) is 3.72. The summed E-state index contributed by atoms with van der Waals surface area (Å²) in [5.41, 5.74) is 6.88. The number of hydrogen-bond donors (Lipinski definition) is 1. The highest BCUT2D eigenvalue weighted by atomic mass is 32.1. The maximum atomic E-state index is 12.5. The Labute approximate surface area is 176 Å². The quantitative estimate of drug-likeness (QED) is 0.539. The Morgan fingerprint density at radius 3 is 2.62 bits per heavy atom. The zero-order valence-electron chi connectivity index (χ0n) is 16.9. The summed E-state index contributed by atoms with van der Waals surface area (Å²) in [6, 6.07) is 15.4. The summed E-state index contributed by atoms with van der Waals surface area (Å²) >= 11 is 5.28. The number of hydrogen-bond acceptors (Lipinski definition) is 4. The minimum atomic E-state index is -0.171. The van der Waals surface area contributed by atoms with Crippen LogP contribution < -0.4 is 16.0 Å². The molecule has 2 N–H and O–H groups in total. The molecule has 0 fully saturated rings. The molecule has 0 saturated heterocycles. The number of thiocarbonyl (C=S) groups is 1. The molecule has 0 spiro atoms. The molecule has 3 aromatic rings. The Bertz CT molecular complexity index is 1050. The molecule has 3 rings (SSSR count). The second kappa shape index (κ2) is 9.18. The third-order valence-corrected chi connectivity index (χ3v) is 5.74. The minimum Gasteiger partial charge on any atom is -0.492 e. The highest BCUT2D eigenvalue weighted by Gasteiger charge is 2.27. The van der Waals surface area contributed by atoms with Crippen LogP contribution in [0.4, 0.5) is 0 Å². The Hall–Kier alpha value is -2.73. The van der Waals surface area contributed by atoms with Crippen molar-refractivity contribution in [3.63, 3.8) is 0 Å². The predicted octanol–water partition coefficient (Wildman–Crippen LogP) is 4.11. The zero-order chi connectivity index (χ0) is 20.9. The Balaban J connectivity index is 1.60.